The molecule has 2 aromatic rings. The van der Waals surface area contributed by atoms with Crippen molar-refractivity contribution >= 4 is 23.4 Å². The fraction of sp³-hybridized carbons (Fsp3) is 0.350. The van der Waals surface area contributed by atoms with E-state index < -0.39 is 5.97 Å². The zero-order valence-electron chi connectivity index (χ0n) is 15.0. The van der Waals surface area contributed by atoms with Gasteiger partial charge in [-0.3, -0.25) is 4.79 Å². The number of hydrogen-bond acceptors (Lipinski definition) is 4. The summed E-state index contributed by atoms with van der Waals surface area (Å²) in [6.07, 6.45) is 3.69. The Morgan fingerprint density at radius 1 is 1.31 bits per heavy atom. The quantitative estimate of drug-likeness (QED) is 0.878. The van der Waals surface area contributed by atoms with Crippen LogP contribution in [-0.2, 0) is 0 Å². The molecule has 1 atom stereocenters. The van der Waals surface area contributed by atoms with Crippen LogP contribution in [0.1, 0.15) is 46.0 Å². The number of rotatable bonds is 4. The molecule has 1 amide bonds. The van der Waals surface area contributed by atoms with E-state index in [0.29, 0.717) is 23.0 Å². The molecule has 1 aliphatic rings. The van der Waals surface area contributed by atoms with Gasteiger partial charge in [-0.05, 0) is 43.9 Å². The van der Waals surface area contributed by atoms with Gasteiger partial charge in [0.25, 0.3) is 5.91 Å². The highest BCUT2D eigenvalue weighted by atomic mass is 16.4. The Morgan fingerprint density at radius 3 is 2.81 bits per heavy atom. The summed E-state index contributed by atoms with van der Waals surface area (Å²) in [7, 11) is 0. The van der Waals surface area contributed by atoms with Gasteiger partial charge in [0.2, 0.25) is 0 Å². The number of anilines is 2. The van der Waals surface area contributed by atoms with Gasteiger partial charge < -0.3 is 15.3 Å². The maximum Gasteiger partial charge on any atom is 0.339 e. The van der Waals surface area contributed by atoms with E-state index in [1.165, 1.54) is 12.3 Å². The first kappa shape index (κ1) is 17.9. The number of amides is 1. The third-order valence-corrected chi connectivity index (χ3v) is 4.59. The average Bonchev–Trinajstić information content (AvgIpc) is 2.61. The Kier molecular flexibility index (Phi) is 5.21. The number of aromatic nitrogens is 1. The Hall–Kier alpha value is -2.89. The molecule has 1 aliphatic heterocycles. The Morgan fingerprint density at radius 2 is 2.12 bits per heavy atom. The van der Waals surface area contributed by atoms with Crippen LogP contribution in [0.15, 0.2) is 36.5 Å². The largest absolute Gasteiger partial charge is 0.478 e. The zero-order valence-corrected chi connectivity index (χ0v) is 15.0. The van der Waals surface area contributed by atoms with Crippen LogP contribution in [0.25, 0.3) is 0 Å². The Labute approximate surface area is 152 Å². The minimum absolute atomic E-state index is 0.112. The molecule has 0 bridgehead atoms. The minimum Gasteiger partial charge on any atom is -0.478 e. The van der Waals surface area contributed by atoms with Crippen LogP contribution in [-0.4, -0.2) is 35.1 Å². The second-order valence-electron chi connectivity index (χ2n) is 6.92. The SMILES string of the molecule is Cc1cccc(C(=O)Nc2cnc(N3CCC[C@@H](C)C3)c(C(=O)O)c2)c1. The summed E-state index contributed by atoms with van der Waals surface area (Å²) in [4.78, 5) is 30.5. The van der Waals surface area contributed by atoms with Crippen molar-refractivity contribution in [2.75, 3.05) is 23.3 Å². The molecule has 3 rings (SSSR count). The van der Waals surface area contributed by atoms with E-state index >= 15 is 0 Å². The molecular weight excluding hydrogens is 330 g/mol. The first-order valence-electron chi connectivity index (χ1n) is 8.80. The highest BCUT2D eigenvalue weighted by molar-refractivity contribution is 6.05. The molecule has 6 heteroatoms. The van der Waals surface area contributed by atoms with Crippen molar-refractivity contribution < 1.29 is 14.7 Å². The van der Waals surface area contributed by atoms with Crippen molar-refractivity contribution in [2.24, 2.45) is 5.92 Å². The smallest absolute Gasteiger partial charge is 0.339 e. The van der Waals surface area contributed by atoms with E-state index in [1.54, 1.807) is 12.1 Å². The number of pyridine rings is 1. The number of carboxylic acid groups (broad SMARTS) is 1. The van der Waals surface area contributed by atoms with Crippen molar-refractivity contribution in [3.63, 3.8) is 0 Å². The normalized spacial score (nSPS) is 17.0. The lowest BCUT2D eigenvalue weighted by Gasteiger charge is -2.32. The van der Waals surface area contributed by atoms with Gasteiger partial charge >= 0.3 is 5.97 Å². The van der Waals surface area contributed by atoms with Crippen LogP contribution >= 0.6 is 0 Å². The molecule has 1 aromatic carbocycles. The fourth-order valence-corrected chi connectivity index (χ4v) is 3.31. The van der Waals surface area contributed by atoms with Crippen LogP contribution < -0.4 is 10.2 Å². The number of carbonyl (C=O) groups excluding carboxylic acids is 1. The van der Waals surface area contributed by atoms with Gasteiger partial charge in [0.05, 0.1) is 11.9 Å². The molecular formula is C20H23N3O3. The molecule has 2 heterocycles. The highest BCUT2D eigenvalue weighted by Gasteiger charge is 2.23. The van der Waals surface area contributed by atoms with Gasteiger partial charge in [-0.25, -0.2) is 9.78 Å². The first-order chi connectivity index (χ1) is 12.4. The Balaban J connectivity index is 1.84. The maximum atomic E-state index is 12.4. The van der Waals surface area contributed by atoms with Gasteiger partial charge in [-0.1, -0.05) is 24.6 Å². The van der Waals surface area contributed by atoms with Gasteiger partial charge in [-0.2, -0.15) is 0 Å². The van der Waals surface area contributed by atoms with Crippen LogP contribution in [0.4, 0.5) is 11.5 Å². The summed E-state index contributed by atoms with van der Waals surface area (Å²) < 4.78 is 0. The van der Waals surface area contributed by atoms with E-state index in [2.05, 4.69) is 17.2 Å². The second-order valence-corrected chi connectivity index (χ2v) is 6.92. The molecule has 0 unspecified atom stereocenters. The molecule has 2 N–H and O–H groups in total. The van der Waals surface area contributed by atoms with Gasteiger partial charge in [0.15, 0.2) is 0 Å². The molecule has 136 valence electrons. The second kappa shape index (κ2) is 7.56. The summed E-state index contributed by atoms with van der Waals surface area (Å²) in [5.74, 6) is -0.353. The summed E-state index contributed by atoms with van der Waals surface area (Å²) in [6, 6.07) is 8.71. The lowest BCUT2D eigenvalue weighted by Crippen LogP contribution is -2.36. The molecule has 6 nitrogen and oxygen atoms in total. The molecule has 1 aromatic heterocycles. The van der Waals surface area contributed by atoms with E-state index in [1.807, 2.05) is 24.0 Å². The number of piperidine rings is 1. The van der Waals surface area contributed by atoms with Crippen LogP contribution in [0.5, 0.6) is 0 Å². The van der Waals surface area contributed by atoms with Gasteiger partial charge in [0, 0.05) is 18.7 Å². The molecule has 1 fully saturated rings. The topological polar surface area (TPSA) is 82.5 Å². The lowest BCUT2D eigenvalue weighted by molar-refractivity contribution is 0.0696. The number of aryl methyl sites for hydroxylation is 1. The van der Waals surface area contributed by atoms with Gasteiger partial charge in [0.1, 0.15) is 11.4 Å². The molecule has 0 saturated carbocycles. The predicted octanol–water partition coefficient (Wildman–Crippen LogP) is 3.58. The van der Waals surface area contributed by atoms with Crippen LogP contribution in [0.3, 0.4) is 0 Å². The van der Waals surface area contributed by atoms with Crippen molar-refractivity contribution in [3.05, 3.63) is 53.2 Å². The maximum absolute atomic E-state index is 12.4. The van der Waals surface area contributed by atoms with E-state index in [4.69, 9.17) is 0 Å². The van der Waals surface area contributed by atoms with Crippen LogP contribution in [0, 0.1) is 12.8 Å². The Bertz CT molecular complexity index is 835. The van der Waals surface area contributed by atoms with Crippen molar-refractivity contribution in [3.8, 4) is 0 Å². The third kappa shape index (κ3) is 4.02. The molecule has 0 spiro atoms. The van der Waals surface area contributed by atoms with Crippen molar-refractivity contribution in [1.82, 2.24) is 4.98 Å². The molecule has 26 heavy (non-hydrogen) atoms. The highest BCUT2D eigenvalue weighted by Crippen LogP contribution is 2.26. The zero-order chi connectivity index (χ0) is 18.7. The number of benzene rings is 1. The van der Waals surface area contributed by atoms with Crippen molar-refractivity contribution in [1.29, 1.82) is 0 Å². The van der Waals surface area contributed by atoms with E-state index in [9.17, 15) is 14.7 Å². The lowest BCUT2D eigenvalue weighted by atomic mass is 10.00. The number of hydrogen-bond donors (Lipinski definition) is 2. The minimum atomic E-state index is -1.04. The third-order valence-electron chi connectivity index (χ3n) is 4.59. The fourth-order valence-electron chi connectivity index (χ4n) is 3.31. The number of nitrogens with zero attached hydrogens (tertiary/aromatic N) is 2. The van der Waals surface area contributed by atoms with Gasteiger partial charge in [-0.15, -0.1) is 0 Å². The van der Waals surface area contributed by atoms with E-state index in [-0.39, 0.29) is 11.5 Å². The number of nitrogens with one attached hydrogen (secondary N) is 1. The molecule has 0 radical (unpaired) electrons. The molecule has 0 aliphatic carbocycles. The number of carbonyl (C=O) groups is 2. The summed E-state index contributed by atoms with van der Waals surface area (Å²) >= 11 is 0. The summed E-state index contributed by atoms with van der Waals surface area (Å²) in [5, 5.41) is 12.3. The van der Waals surface area contributed by atoms with Crippen molar-refractivity contribution in [2.45, 2.75) is 26.7 Å². The summed E-state index contributed by atoms with van der Waals surface area (Å²) in [6.45, 7) is 5.66. The molecule has 1 saturated heterocycles. The first-order valence-corrected chi connectivity index (χ1v) is 8.80. The monoisotopic (exact) mass is 353 g/mol. The number of carboxylic acids is 1. The average molecular weight is 353 g/mol. The van der Waals surface area contributed by atoms with E-state index in [0.717, 1.165) is 31.5 Å². The number of aromatic carboxylic acids is 1. The van der Waals surface area contributed by atoms with Crippen LogP contribution in [0.2, 0.25) is 0 Å². The predicted molar refractivity (Wildman–Crippen MR) is 101 cm³/mol. The summed E-state index contributed by atoms with van der Waals surface area (Å²) in [5.41, 5.74) is 2.00. The standard InChI is InChI=1S/C20H23N3O3/c1-13-5-3-7-15(9-13)19(24)22-16-10-17(20(25)26)18(21-11-16)23-8-4-6-14(2)12-23/h3,5,7,9-11,14H,4,6,8,12H2,1-2H3,(H,22,24)(H,25,26)/t14-/m1/s1.